The number of nitrogens with zero attached hydrogens (tertiary/aromatic N) is 1. The molecule has 0 aromatic carbocycles. The quantitative estimate of drug-likeness (QED) is 0.638. The van der Waals surface area contributed by atoms with Gasteiger partial charge in [-0.25, -0.2) is 9.59 Å². The normalized spacial score (nSPS) is 12.9. The van der Waals surface area contributed by atoms with Crippen LogP contribution in [0.1, 0.15) is 40.0 Å². The Morgan fingerprint density at radius 3 is 2.17 bits per heavy atom. The molecule has 0 heterocycles. The Balaban J connectivity index is 4.56. The Hall–Kier alpha value is -1.30. The van der Waals surface area contributed by atoms with Gasteiger partial charge in [0, 0.05) is 13.6 Å². The predicted octanol–water partition coefficient (Wildman–Crippen LogP) is 1.04. The third-order valence-electron chi connectivity index (χ3n) is 3.19. The van der Waals surface area contributed by atoms with E-state index in [1.807, 2.05) is 0 Å². The van der Waals surface area contributed by atoms with Gasteiger partial charge < -0.3 is 20.4 Å². The molecule has 106 valence electrons. The molecule has 18 heavy (non-hydrogen) atoms. The lowest BCUT2D eigenvalue weighted by Crippen LogP contribution is -2.56. The monoisotopic (exact) mass is 260 g/mol. The molecule has 0 aliphatic heterocycles. The lowest BCUT2D eigenvalue weighted by molar-refractivity contribution is -0.144. The molecule has 1 atom stereocenters. The fourth-order valence-electron chi connectivity index (χ4n) is 1.56. The molecule has 6 heteroatoms. The van der Waals surface area contributed by atoms with E-state index in [9.17, 15) is 14.7 Å². The number of hydrogen-bond acceptors (Lipinski definition) is 3. The van der Waals surface area contributed by atoms with Gasteiger partial charge in [-0.05, 0) is 26.2 Å². The van der Waals surface area contributed by atoms with Crippen molar-refractivity contribution >= 4 is 12.0 Å². The van der Waals surface area contributed by atoms with Gasteiger partial charge in [-0.15, -0.1) is 0 Å². The van der Waals surface area contributed by atoms with Gasteiger partial charge in [0.15, 0.2) is 0 Å². The average molecular weight is 260 g/mol. The first-order valence-corrected chi connectivity index (χ1v) is 6.23. The van der Waals surface area contributed by atoms with E-state index in [4.69, 9.17) is 5.11 Å². The Morgan fingerprint density at radius 1 is 1.33 bits per heavy atom. The van der Waals surface area contributed by atoms with Crippen molar-refractivity contribution in [3.8, 4) is 0 Å². The van der Waals surface area contributed by atoms with E-state index in [-0.39, 0.29) is 0 Å². The first-order chi connectivity index (χ1) is 8.29. The molecule has 1 unspecified atom stereocenters. The number of amides is 2. The van der Waals surface area contributed by atoms with Gasteiger partial charge in [0.1, 0.15) is 5.54 Å². The van der Waals surface area contributed by atoms with Gasteiger partial charge >= 0.3 is 12.0 Å². The Bertz CT molecular complexity index is 288. The van der Waals surface area contributed by atoms with Crippen LogP contribution in [0.15, 0.2) is 0 Å². The number of rotatable bonds is 7. The van der Waals surface area contributed by atoms with Gasteiger partial charge in [-0.1, -0.05) is 13.8 Å². The van der Waals surface area contributed by atoms with Crippen LogP contribution in [0.3, 0.4) is 0 Å². The molecule has 0 radical (unpaired) electrons. The molecule has 0 saturated carbocycles. The highest BCUT2D eigenvalue weighted by atomic mass is 16.4. The molecule has 6 nitrogen and oxygen atoms in total. The van der Waals surface area contributed by atoms with Crippen molar-refractivity contribution in [2.24, 2.45) is 0 Å². The molecule has 0 saturated heterocycles. The number of hydrogen-bond donors (Lipinski definition) is 3. The maximum atomic E-state index is 11.9. The summed E-state index contributed by atoms with van der Waals surface area (Å²) in [4.78, 5) is 24.5. The summed E-state index contributed by atoms with van der Waals surface area (Å²) >= 11 is 0. The van der Waals surface area contributed by atoms with Crippen LogP contribution >= 0.6 is 0 Å². The van der Waals surface area contributed by atoms with Gasteiger partial charge in [0.2, 0.25) is 0 Å². The summed E-state index contributed by atoms with van der Waals surface area (Å²) in [5.74, 6) is -1.02. The summed E-state index contributed by atoms with van der Waals surface area (Å²) in [5.41, 5.74) is -1.21. The second-order valence-electron chi connectivity index (χ2n) is 4.58. The molecule has 3 N–H and O–H groups in total. The lowest BCUT2D eigenvalue weighted by atomic mass is 9.93. The Morgan fingerprint density at radius 2 is 1.83 bits per heavy atom. The van der Waals surface area contributed by atoms with Crippen LogP contribution in [0.25, 0.3) is 0 Å². The zero-order valence-corrected chi connectivity index (χ0v) is 11.6. The van der Waals surface area contributed by atoms with Crippen molar-refractivity contribution in [3.05, 3.63) is 0 Å². The third kappa shape index (κ3) is 4.52. The summed E-state index contributed by atoms with van der Waals surface area (Å²) in [7, 11) is 1.58. The highest BCUT2D eigenvalue weighted by Gasteiger charge is 2.37. The van der Waals surface area contributed by atoms with E-state index in [0.29, 0.717) is 25.8 Å². The number of urea groups is 1. The predicted molar refractivity (Wildman–Crippen MR) is 68.4 cm³/mol. The van der Waals surface area contributed by atoms with Crippen LogP contribution in [0, 0.1) is 0 Å². The van der Waals surface area contributed by atoms with E-state index in [1.165, 1.54) is 4.90 Å². The first-order valence-electron chi connectivity index (χ1n) is 6.23. The van der Waals surface area contributed by atoms with Crippen molar-refractivity contribution in [2.75, 3.05) is 13.6 Å². The van der Waals surface area contributed by atoms with E-state index in [2.05, 4.69) is 5.32 Å². The topological polar surface area (TPSA) is 89.9 Å². The summed E-state index contributed by atoms with van der Waals surface area (Å²) in [5, 5.41) is 20.9. The van der Waals surface area contributed by atoms with Crippen LogP contribution in [-0.4, -0.2) is 52.3 Å². The number of carboxylic acid groups (broad SMARTS) is 1. The molecule has 0 aliphatic carbocycles. The second kappa shape index (κ2) is 7.20. The largest absolute Gasteiger partial charge is 0.480 e. The highest BCUT2D eigenvalue weighted by molar-refractivity contribution is 5.86. The number of carbonyl (C=O) groups is 2. The lowest BCUT2D eigenvalue weighted by Gasteiger charge is -2.30. The maximum absolute atomic E-state index is 11.9. The molecule has 0 aromatic heterocycles. The molecule has 2 amide bonds. The highest BCUT2D eigenvalue weighted by Crippen LogP contribution is 2.15. The fourth-order valence-corrected chi connectivity index (χ4v) is 1.56. The summed E-state index contributed by atoms with van der Waals surface area (Å²) < 4.78 is 0. The number of aliphatic carboxylic acids is 1. The molecule has 0 bridgehead atoms. The molecule has 0 aromatic rings. The molecule has 0 fully saturated rings. The molecule has 0 rings (SSSR count). The van der Waals surface area contributed by atoms with Crippen molar-refractivity contribution in [1.29, 1.82) is 0 Å². The number of carboxylic acids is 1. The first kappa shape index (κ1) is 16.7. The summed E-state index contributed by atoms with van der Waals surface area (Å²) in [6.45, 7) is 5.49. The summed E-state index contributed by atoms with van der Waals surface area (Å²) in [6, 6.07) is -0.429. The summed E-state index contributed by atoms with van der Waals surface area (Å²) in [6.07, 6.45) is 0.633. The third-order valence-corrected chi connectivity index (χ3v) is 3.19. The van der Waals surface area contributed by atoms with Crippen LogP contribution < -0.4 is 5.32 Å². The SMILES string of the molecule is CCC(CC)(NC(=O)N(C)CCC(C)O)C(=O)O. The van der Waals surface area contributed by atoms with Crippen molar-refractivity contribution in [1.82, 2.24) is 10.2 Å². The van der Waals surface area contributed by atoms with Crippen molar-refractivity contribution in [2.45, 2.75) is 51.7 Å². The van der Waals surface area contributed by atoms with Gasteiger partial charge in [0.05, 0.1) is 6.10 Å². The number of carbonyl (C=O) groups excluding carboxylic acids is 1. The number of nitrogens with one attached hydrogen (secondary N) is 1. The maximum Gasteiger partial charge on any atom is 0.329 e. The number of aliphatic hydroxyl groups is 1. The van der Waals surface area contributed by atoms with E-state index in [1.54, 1.807) is 27.8 Å². The smallest absolute Gasteiger partial charge is 0.329 e. The van der Waals surface area contributed by atoms with E-state index in [0.717, 1.165) is 0 Å². The number of aliphatic hydroxyl groups excluding tert-OH is 1. The van der Waals surface area contributed by atoms with E-state index < -0.39 is 23.6 Å². The molecular formula is C12H24N2O4. The van der Waals surface area contributed by atoms with Gasteiger partial charge in [-0.2, -0.15) is 0 Å². The fraction of sp³-hybridized carbons (Fsp3) is 0.833. The Labute approximate surface area is 108 Å². The zero-order valence-electron chi connectivity index (χ0n) is 11.6. The van der Waals surface area contributed by atoms with Crippen molar-refractivity contribution in [3.63, 3.8) is 0 Å². The molecular weight excluding hydrogens is 236 g/mol. The van der Waals surface area contributed by atoms with Crippen LogP contribution in [0.2, 0.25) is 0 Å². The second-order valence-corrected chi connectivity index (χ2v) is 4.58. The molecule has 0 spiro atoms. The van der Waals surface area contributed by atoms with Crippen molar-refractivity contribution < 1.29 is 19.8 Å². The van der Waals surface area contributed by atoms with Gasteiger partial charge in [-0.3, -0.25) is 0 Å². The van der Waals surface area contributed by atoms with Crippen LogP contribution in [-0.2, 0) is 4.79 Å². The Kier molecular flexibility index (Phi) is 6.68. The van der Waals surface area contributed by atoms with E-state index >= 15 is 0 Å². The van der Waals surface area contributed by atoms with Crippen LogP contribution in [0.4, 0.5) is 4.79 Å². The minimum Gasteiger partial charge on any atom is -0.480 e. The average Bonchev–Trinajstić information content (AvgIpc) is 2.32. The van der Waals surface area contributed by atoms with Crippen LogP contribution in [0.5, 0.6) is 0 Å². The minimum atomic E-state index is -1.21. The van der Waals surface area contributed by atoms with Gasteiger partial charge in [0.25, 0.3) is 0 Å². The molecule has 0 aliphatic rings. The standard InChI is InChI=1S/C12H24N2O4/c1-5-12(6-2,10(16)17)13-11(18)14(4)8-7-9(3)15/h9,15H,5-8H2,1-4H3,(H,13,18)(H,16,17). The zero-order chi connectivity index (χ0) is 14.3. The minimum absolute atomic E-state index is 0.328.